The number of aromatic amines is 1. The molecule has 0 saturated carbocycles. The molecule has 0 radical (unpaired) electrons. The molecular weight excluding hydrogens is 254 g/mol. The van der Waals surface area contributed by atoms with Crippen LogP contribution in [0.2, 0.25) is 0 Å². The zero-order valence-corrected chi connectivity index (χ0v) is 11.3. The van der Waals surface area contributed by atoms with E-state index in [0.717, 1.165) is 10.9 Å². The summed E-state index contributed by atoms with van der Waals surface area (Å²) in [5.74, 6) is -0.175. The van der Waals surface area contributed by atoms with Gasteiger partial charge in [0.15, 0.2) is 0 Å². The summed E-state index contributed by atoms with van der Waals surface area (Å²) in [6, 6.07) is 9.23. The fourth-order valence-electron chi connectivity index (χ4n) is 2.71. The van der Waals surface area contributed by atoms with Crippen LogP contribution in [-0.4, -0.2) is 40.8 Å². The first-order chi connectivity index (χ1) is 9.70. The average molecular weight is 271 g/mol. The minimum Gasteiger partial charge on any atom is -0.353 e. The fraction of sp³-hybridized carbons (Fsp3) is 0.333. The maximum absolute atomic E-state index is 12.6. The predicted molar refractivity (Wildman–Crippen MR) is 76.4 cm³/mol. The van der Waals surface area contributed by atoms with Gasteiger partial charge in [0, 0.05) is 24.0 Å². The quantitative estimate of drug-likeness (QED) is 0.869. The maximum Gasteiger partial charge on any atom is 0.271 e. The molecule has 5 heteroatoms. The van der Waals surface area contributed by atoms with Crippen LogP contribution >= 0.6 is 0 Å². The van der Waals surface area contributed by atoms with Gasteiger partial charge >= 0.3 is 0 Å². The third kappa shape index (κ3) is 2.05. The van der Waals surface area contributed by atoms with Crippen molar-refractivity contribution in [1.29, 1.82) is 0 Å². The van der Waals surface area contributed by atoms with Gasteiger partial charge in [0.2, 0.25) is 5.91 Å². The van der Waals surface area contributed by atoms with Crippen LogP contribution in [-0.2, 0) is 4.79 Å². The summed E-state index contributed by atoms with van der Waals surface area (Å²) in [6.07, 6.45) is 0.623. The number of fused-ring (bicyclic) bond motifs is 1. The van der Waals surface area contributed by atoms with Crippen LogP contribution < -0.4 is 5.32 Å². The standard InChI is InChI=1S/C15H17N3O2/c1-2-13-14(19)16-7-8-18(13)15(20)12-9-10-5-3-4-6-11(10)17-12/h3-6,9,13,17H,2,7-8H2,1H3,(H,16,19). The van der Waals surface area contributed by atoms with Crippen molar-refractivity contribution in [1.82, 2.24) is 15.2 Å². The molecule has 2 aromatic rings. The van der Waals surface area contributed by atoms with Gasteiger partial charge in [-0.05, 0) is 18.6 Å². The molecule has 0 spiro atoms. The van der Waals surface area contributed by atoms with Crippen LogP contribution in [0.3, 0.4) is 0 Å². The van der Waals surface area contributed by atoms with Crippen LogP contribution in [0.5, 0.6) is 0 Å². The Morgan fingerprint density at radius 3 is 2.95 bits per heavy atom. The smallest absolute Gasteiger partial charge is 0.271 e. The second-order valence-corrected chi connectivity index (χ2v) is 4.98. The molecule has 1 aliphatic rings. The zero-order chi connectivity index (χ0) is 14.1. The van der Waals surface area contributed by atoms with Gasteiger partial charge in [0.05, 0.1) is 0 Å². The van der Waals surface area contributed by atoms with E-state index >= 15 is 0 Å². The van der Waals surface area contributed by atoms with Crippen LogP contribution in [0.25, 0.3) is 10.9 Å². The minimum absolute atomic E-state index is 0.0665. The number of benzene rings is 1. The van der Waals surface area contributed by atoms with E-state index in [-0.39, 0.29) is 17.9 Å². The second kappa shape index (κ2) is 5.00. The Balaban J connectivity index is 1.92. The molecule has 2 amide bonds. The number of hydrogen-bond donors (Lipinski definition) is 2. The highest BCUT2D eigenvalue weighted by molar-refractivity contribution is 6.00. The van der Waals surface area contributed by atoms with Crippen molar-refractivity contribution in [2.75, 3.05) is 13.1 Å². The van der Waals surface area contributed by atoms with Crippen LogP contribution in [0, 0.1) is 0 Å². The van der Waals surface area contributed by atoms with Crippen LogP contribution in [0.4, 0.5) is 0 Å². The Labute approximate surface area is 117 Å². The monoisotopic (exact) mass is 271 g/mol. The van der Waals surface area contributed by atoms with Gasteiger partial charge in [0.1, 0.15) is 11.7 Å². The molecule has 3 rings (SSSR count). The third-order valence-electron chi connectivity index (χ3n) is 3.74. The lowest BCUT2D eigenvalue weighted by molar-refractivity contribution is -0.127. The van der Waals surface area contributed by atoms with E-state index in [0.29, 0.717) is 25.2 Å². The Kier molecular flexibility index (Phi) is 3.18. The second-order valence-electron chi connectivity index (χ2n) is 4.98. The molecule has 1 aromatic carbocycles. The highest BCUT2D eigenvalue weighted by Gasteiger charge is 2.32. The van der Waals surface area contributed by atoms with Crippen molar-refractivity contribution in [2.45, 2.75) is 19.4 Å². The summed E-state index contributed by atoms with van der Waals surface area (Å²) in [5.41, 5.74) is 1.48. The minimum atomic E-state index is -0.373. The lowest BCUT2D eigenvalue weighted by Gasteiger charge is -2.34. The molecule has 20 heavy (non-hydrogen) atoms. The molecule has 1 saturated heterocycles. The average Bonchev–Trinajstić information content (AvgIpc) is 2.90. The van der Waals surface area contributed by atoms with Crippen molar-refractivity contribution in [3.05, 3.63) is 36.0 Å². The largest absolute Gasteiger partial charge is 0.353 e. The van der Waals surface area contributed by atoms with Crippen molar-refractivity contribution in [3.8, 4) is 0 Å². The summed E-state index contributed by atoms with van der Waals surface area (Å²) in [6.45, 7) is 2.99. The van der Waals surface area contributed by atoms with Gasteiger partial charge in [-0.1, -0.05) is 25.1 Å². The van der Waals surface area contributed by atoms with E-state index < -0.39 is 0 Å². The Bertz CT molecular complexity index is 629. The van der Waals surface area contributed by atoms with Crippen molar-refractivity contribution in [3.63, 3.8) is 0 Å². The lowest BCUT2D eigenvalue weighted by Crippen LogP contribution is -2.56. The van der Waals surface area contributed by atoms with Gasteiger partial charge in [-0.15, -0.1) is 0 Å². The first-order valence-electron chi connectivity index (χ1n) is 6.87. The first-order valence-corrected chi connectivity index (χ1v) is 6.87. The Morgan fingerprint density at radius 1 is 1.40 bits per heavy atom. The molecule has 1 aliphatic heterocycles. The van der Waals surface area contributed by atoms with E-state index in [1.807, 2.05) is 37.3 Å². The van der Waals surface area contributed by atoms with E-state index in [4.69, 9.17) is 0 Å². The fourth-order valence-corrected chi connectivity index (χ4v) is 2.71. The van der Waals surface area contributed by atoms with Crippen LogP contribution in [0.15, 0.2) is 30.3 Å². The summed E-state index contributed by atoms with van der Waals surface area (Å²) < 4.78 is 0. The third-order valence-corrected chi connectivity index (χ3v) is 3.74. The number of para-hydroxylation sites is 1. The molecule has 0 aliphatic carbocycles. The molecule has 1 atom stereocenters. The van der Waals surface area contributed by atoms with E-state index in [9.17, 15) is 9.59 Å². The van der Waals surface area contributed by atoms with Crippen molar-refractivity contribution < 1.29 is 9.59 Å². The predicted octanol–water partition coefficient (Wildman–Crippen LogP) is 1.52. The van der Waals surface area contributed by atoms with E-state index in [1.54, 1.807) is 4.90 Å². The van der Waals surface area contributed by atoms with Gasteiger partial charge in [0.25, 0.3) is 5.91 Å². The zero-order valence-electron chi connectivity index (χ0n) is 11.3. The summed E-state index contributed by atoms with van der Waals surface area (Å²) in [5, 5.41) is 3.81. The van der Waals surface area contributed by atoms with Gasteiger partial charge in [-0.25, -0.2) is 0 Å². The Hall–Kier alpha value is -2.30. The van der Waals surface area contributed by atoms with Gasteiger partial charge < -0.3 is 15.2 Å². The van der Waals surface area contributed by atoms with Crippen LogP contribution in [0.1, 0.15) is 23.8 Å². The number of amides is 2. The van der Waals surface area contributed by atoms with E-state index in [1.165, 1.54) is 0 Å². The summed E-state index contributed by atoms with van der Waals surface area (Å²) in [7, 11) is 0. The molecule has 1 aromatic heterocycles. The molecule has 0 bridgehead atoms. The Morgan fingerprint density at radius 2 is 2.20 bits per heavy atom. The molecule has 2 N–H and O–H groups in total. The van der Waals surface area contributed by atoms with E-state index in [2.05, 4.69) is 10.3 Å². The molecule has 5 nitrogen and oxygen atoms in total. The summed E-state index contributed by atoms with van der Waals surface area (Å²) >= 11 is 0. The number of carbonyl (C=O) groups excluding carboxylic acids is 2. The molecule has 1 unspecified atom stereocenters. The topological polar surface area (TPSA) is 65.2 Å². The van der Waals surface area contributed by atoms with Gasteiger partial charge in [-0.2, -0.15) is 0 Å². The normalized spacial score (nSPS) is 19.1. The van der Waals surface area contributed by atoms with Gasteiger partial charge in [-0.3, -0.25) is 9.59 Å². The first kappa shape index (κ1) is 12.7. The highest BCUT2D eigenvalue weighted by Crippen LogP contribution is 2.18. The number of nitrogens with one attached hydrogen (secondary N) is 2. The number of aromatic nitrogens is 1. The number of H-pyrrole nitrogens is 1. The van der Waals surface area contributed by atoms with Crippen molar-refractivity contribution in [2.24, 2.45) is 0 Å². The molecular formula is C15H17N3O2. The number of carbonyl (C=O) groups is 2. The molecule has 1 fully saturated rings. The maximum atomic E-state index is 12.6. The number of piperazine rings is 1. The van der Waals surface area contributed by atoms with Crippen molar-refractivity contribution >= 4 is 22.7 Å². The SMILES string of the molecule is CCC1C(=O)NCCN1C(=O)c1cc2ccccc2[nH]1. The molecule has 2 heterocycles. The number of hydrogen-bond acceptors (Lipinski definition) is 2. The number of nitrogens with zero attached hydrogens (tertiary/aromatic N) is 1. The highest BCUT2D eigenvalue weighted by atomic mass is 16.2. The lowest BCUT2D eigenvalue weighted by atomic mass is 10.1. The number of rotatable bonds is 2. The summed E-state index contributed by atoms with van der Waals surface area (Å²) in [4.78, 5) is 29.2. The molecule has 104 valence electrons.